The van der Waals surface area contributed by atoms with Crippen LogP contribution in [0.4, 0.5) is 5.69 Å². The normalized spacial score (nSPS) is 9.54. The second-order valence-corrected chi connectivity index (χ2v) is 2.69. The molecule has 68 valence electrons. The predicted octanol–water partition coefficient (Wildman–Crippen LogP) is 1.81. The van der Waals surface area contributed by atoms with E-state index < -0.39 is 0 Å². The summed E-state index contributed by atoms with van der Waals surface area (Å²) in [6.45, 7) is 3.54. The van der Waals surface area contributed by atoms with Gasteiger partial charge in [-0.1, -0.05) is 6.08 Å². The molecule has 0 aliphatic carbocycles. The van der Waals surface area contributed by atoms with Gasteiger partial charge in [0.1, 0.15) is 5.69 Å². The number of carbonyl (C=O) groups is 1. The Hall–Kier alpha value is -1.64. The molecule has 1 aromatic rings. The number of rotatable bonds is 4. The molecule has 0 amide bonds. The minimum absolute atomic E-state index is 0.0296. The summed E-state index contributed by atoms with van der Waals surface area (Å²) in [7, 11) is 0. The molecule has 0 radical (unpaired) electrons. The van der Waals surface area contributed by atoms with Crippen LogP contribution in [0, 0.1) is 0 Å². The number of carbonyl (C=O) groups excluding carboxylic acids is 1. The largest absolute Gasteiger partial charge is 0.397 e. The van der Waals surface area contributed by atoms with Crippen LogP contribution in [-0.2, 0) is 0 Å². The second-order valence-electron chi connectivity index (χ2n) is 2.69. The van der Waals surface area contributed by atoms with Crippen molar-refractivity contribution in [2.45, 2.75) is 12.8 Å². The standard InChI is InChI=1S/C10H12N2O/c1-2-3-6-9(13)10-8(11)5-4-7-12-10/h2,4-5,7H,1,3,6,11H2. The van der Waals surface area contributed by atoms with Crippen LogP contribution in [0.15, 0.2) is 31.0 Å². The van der Waals surface area contributed by atoms with Crippen LogP contribution in [0.3, 0.4) is 0 Å². The number of pyridine rings is 1. The highest BCUT2D eigenvalue weighted by Crippen LogP contribution is 2.10. The van der Waals surface area contributed by atoms with Crippen LogP contribution in [0.2, 0.25) is 0 Å². The van der Waals surface area contributed by atoms with Crippen molar-refractivity contribution in [2.24, 2.45) is 0 Å². The molecule has 0 spiro atoms. The Kier molecular flexibility index (Phi) is 3.20. The van der Waals surface area contributed by atoms with Crippen LogP contribution in [0.25, 0.3) is 0 Å². The first-order valence-corrected chi connectivity index (χ1v) is 4.10. The molecule has 1 heterocycles. The average molecular weight is 176 g/mol. The summed E-state index contributed by atoms with van der Waals surface area (Å²) in [5.74, 6) is -0.0296. The van der Waals surface area contributed by atoms with Crippen molar-refractivity contribution >= 4 is 11.5 Å². The molecule has 0 unspecified atom stereocenters. The molecule has 0 bridgehead atoms. The third-order valence-corrected chi connectivity index (χ3v) is 1.68. The number of nitrogens with zero attached hydrogens (tertiary/aromatic N) is 1. The van der Waals surface area contributed by atoms with Crippen LogP contribution < -0.4 is 5.73 Å². The van der Waals surface area contributed by atoms with E-state index >= 15 is 0 Å². The van der Waals surface area contributed by atoms with Crippen LogP contribution in [0.5, 0.6) is 0 Å². The fraction of sp³-hybridized carbons (Fsp3) is 0.200. The van der Waals surface area contributed by atoms with Crippen molar-refractivity contribution in [1.82, 2.24) is 4.98 Å². The lowest BCUT2D eigenvalue weighted by molar-refractivity contribution is 0.0980. The topological polar surface area (TPSA) is 56.0 Å². The van der Waals surface area contributed by atoms with Gasteiger partial charge in [-0.25, -0.2) is 0 Å². The molecular formula is C10H12N2O. The highest BCUT2D eigenvalue weighted by molar-refractivity contribution is 5.98. The highest BCUT2D eigenvalue weighted by atomic mass is 16.1. The van der Waals surface area contributed by atoms with Gasteiger partial charge in [-0.05, 0) is 18.6 Å². The fourth-order valence-corrected chi connectivity index (χ4v) is 1.00. The number of allylic oxidation sites excluding steroid dienone is 1. The zero-order valence-electron chi connectivity index (χ0n) is 7.36. The third-order valence-electron chi connectivity index (χ3n) is 1.68. The fourth-order valence-electron chi connectivity index (χ4n) is 1.00. The monoisotopic (exact) mass is 176 g/mol. The molecule has 0 aliphatic rings. The van der Waals surface area contributed by atoms with E-state index in [0.29, 0.717) is 24.2 Å². The van der Waals surface area contributed by atoms with E-state index in [0.717, 1.165) is 0 Å². The summed E-state index contributed by atoms with van der Waals surface area (Å²) in [6, 6.07) is 3.38. The van der Waals surface area contributed by atoms with E-state index in [9.17, 15) is 4.79 Å². The number of hydrogen-bond acceptors (Lipinski definition) is 3. The number of nitrogen functional groups attached to an aromatic ring is 1. The minimum atomic E-state index is -0.0296. The Bertz CT molecular complexity index is 320. The Morgan fingerprint density at radius 1 is 1.69 bits per heavy atom. The van der Waals surface area contributed by atoms with Gasteiger partial charge in [-0.2, -0.15) is 0 Å². The van der Waals surface area contributed by atoms with Crippen LogP contribution in [-0.4, -0.2) is 10.8 Å². The molecule has 1 aromatic heterocycles. The van der Waals surface area contributed by atoms with E-state index in [1.54, 1.807) is 24.4 Å². The molecule has 13 heavy (non-hydrogen) atoms. The molecule has 1 rings (SSSR count). The summed E-state index contributed by atoms with van der Waals surface area (Å²) in [5, 5.41) is 0. The van der Waals surface area contributed by atoms with E-state index in [1.807, 2.05) is 0 Å². The van der Waals surface area contributed by atoms with Crippen molar-refractivity contribution < 1.29 is 4.79 Å². The van der Waals surface area contributed by atoms with Crippen molar-refractivity contribution in [3.8, 4) is 0 Å². The minimum Gasteiger partial charge on any atom is -0.397 e. The van der Waals surface area contributed by atoms with Crippen molar-refractivity contribution in [3.63, 3.8) is 0 Å². The van der Waals surface area contributed by atoms with Gasteiger partial charge in [-0.3, -0.25) is 9.78 Å². The molecule has 3 nitrogen and oxygen atoms in total. The Morgan fingerprint density at radius 2 is 2.46 bits per heavy atom. The summed E-state index contributed by atoms with van der Waals surface area (Å²) < 4.78 is 0. The van der Waals surface area contributed by atoms with E-state index in [-0.39, 0.29) is 5.78 Å². The Labute approximate surface area is 77.3 Å². The van der Waals surface area contributed by atoms with Crippen LogP contribution in [0.1, 0.15) is 23.3 Å². The van der Waals surface area contributed by atoms with Gasteiger partial charge >= 0.3 is 0 Å². The van der Waals surface area contributed by atoms with Gasteiger partial charge in [0.05, 0.1) is 5.69 Å². The molecule has 0 fully saturated rings. The van der Waals surface area contributed by atoms with Crippen LogP contribution >= 0.6 is 0 Å². The number of anilines is 1. The maximum atomic E-state index is 11.4. The number of hydrogen-bond donors (Lipinski definition) is 1. The van der Waals surface area contributed by atoms with Gasteiger partial charge in [0, 0.05) is 12.6 Å². The average Bonchev–Trinajstić information content (AvgIpc) is 2.15. The number of nitrogens with two attached hydrogens (primary N) is 1. The summed E-state index contributed by atoms with van der Waals surface area (Å²) in [5.41, 5.74) is 6.39. The molecule has 0 aliphatic heterocycles. The van der Waals surface area contributed by atoms with Gasteiger partial charge in [-0.15, -0.1) is 6.58 Å². The maximum absolute atomic E-state index is 11.4. The molecule has 0 saturated carbocycles. The Morgan fingerprint density at radius 3 is 3.08 bits per heavy atom. The first kappa shape index (κ1) is 9.45. The first-order valence-electron chi connectivity index (χ1n) is 4.10. The SMILES string of the molecule is C=CCCC(=O)c1ncccc1N. The zero-order chi connectivity index (χ0) is 9.68. The lowest BCUT2D eigenvalue weighted by Crippen LogP contribution is -2.05. The van der Waals surface area contributed by atoms with Crippen molar-refractivity contribution in [3.05, 3.63) is 36.7 Å². The smallest absolute Gasteiger partial charge is 0.183 e. The van der Waals surface area contributed by atoms with Crippen molar-refractivity contribution in [2.75, 3.05) is 5.73 Å². The molecule has 3 heteroatoms. The molecule has 0 atom stereocenters. The molecule has 0 saturated heterocycles. The number of ketones is 1. The first-order chi connectivity index (χ1) is 6.25. The summed E-state index contributed by atoms with van der Waals surface area (Å²) in [4.78, 5) is 15.4. The maximum Gasteiger partial charge on any atom is 0.183 e. The predicted molar refractivity (Wildman–Crippen MR) is 52.4 cm³/mol. The molecular weight excluding hydrogens is 164 g/mol. The van der Waals surface area contributed by atoms with E-state index in [1.165, 1.54) is 0 Å². The zero-order valence-corrected chi connectivity index (χ0v) is 7.36. The summed E-state index contributed by atoms with van der Waals surface area (Å²) >= 11 is 0. The highest BCUT2D eigenvalue weighted by Gasteiger charge is 2.08. The lowest BCUT2D eigenvalue weighted by atomic mass is 10.1. The van der Waals surface area contributed by atoms with Gasteiger partial charge in [0.2, 0.25) is 0 Å². The Balaban J connectivity index is 2.76. The van der Waals surface area contributed by atoms with Gasteiger partial charge < -0.3 is 5.73 Å². The number of aromatic nitrogens is 1. The van der Waals surface area contributed by atoms with Gasteiger partial charge in [0.15, 0.2) is 5.78 Å². The lowest BCUT2D eigenvalue weighted by Gasteiger charge is -2.00. The molecule has 0 aromatic carbocycles. The summed E-state index contributed by atoms with van der Waals surface area (Å²) in [6.07, 6.45) is 4.36. The third kappa shape index (κ3) is 2.40. The van der Waals surface area contributed by atoms with E-state index in [2.05, 4.69) is 11.6 Å². The molecule has 2 N–H and O–H groups in total. The second kappa shape index (κ2) is 4.40. The quantitative estimate of drug-likeness (QED) is 0.562. The van der Waals surface area contributed by atoms with Crippen molar-refractivity contribution in [1.29, 1.82) is 0 Å². The van der Waals surface area contributed by atoms with Gasteiger partial charge in [0.25, 0.3) is 0 Å². The number of Topliss-reactive ketones (excluding diaryl/α,β-unsaturated/α-hetero) is 1. The van der Waals surface area contributed by atoms with E-state index in [4.69, 9.17) is 5.73 Å².